The van der Waals surface area contributed by atoms with Gasteiger partial charge in [-0.15, -0.1) is 0 Å². The van der Waals surface area contributed by atoms with Crippen molar-refractivity contribution >= 4 is 17.3 Å². The molecule has 5 heteroatoms. The van der Waals surface area contributed by atoms with Crippen molar-refractivity contribution < 1.29 is 14.6 Å². The van der Waals surface area contributed by atoms with Gasteiger partial charge in [-0.25, -0.2) is 4.85 Å². The van der Waals surface area contributed by atoms with E-state index in [2.05, 4.69) is 4.85 Å². The van der Waals surface area contributed by atoms with Crippen molar-refractivity contribution in [3.05, 3.63) is 29.6 Å². The SMILES string of the molecule is [C-]#[N+]c1c(N)cccc1OCC(C)(C)C(=O)O. The molecule has 1 aromatic carbocycles. The Morgan fingerprint density at radius 3 is 2.76 bits per heavy atom. The number of hydrogen-bond donors (Lipinski definition) is 2. The number of hydrogen-bond acceptors (Lipinski definition) is 3. The van der Waals surface area contributed by atoms with Crippen molar-refractivity contribution in [3.63, 3.8) is 0 Å². The number of carboxylic acid groups (broad SMARTS) is 1. The van der Waals surface area contributed by atoms with Crippen molar-refractivity contribution in [2.24, 2.45) is 5.41 Å². The number of para-hydroxylation sites is 1. The van der Waals surface area contributed by atoms with Gasteiger partial charge in [0.1, 0.15) is 12.4 Å². The van der Waals surface area contributed by atoms with Crippen LogP contribution in [0.4, 0.5) is 11.4 Å². The Labute approximate surface area is 99.6 Å². The molecule has 0 bridgehead atoms. The Hall–Kier alpha value is -2.22. The minimum atomic E-state index is -1.01. The van der Waals surface area contributed by atoms with Gasteiger partial charge in [-0.1, -0.05) is 6.07 Å². The number of nitrogens with zero attached hydrogens (tertiary/aromatic N) is 1. The number of anilines is 1. The Balaban J connectivity index is 2.88. The first kappa shape index (κ1) is 12.8. The lowest BCUT2D eigenvalue weighted by molar-refractivity contribution is -0.148. The van der Waals surface area contributed by atoms with Gasteiger partial charge in [0.25, 0.3) is 0 Å². The summed E-state index contributed by atoms with van der Waals surface area (Å²) in [5.74, 6) is -0.639. The summed E-state index contributed by atoms with van der Waals surface area (Å²) in [5, 5.41) is 8.94. The lowest BCUT2D eigenvalue weighted by atomic mass is 9.95. The molecule has 90 valence electrons. The quantitative estimate of drug-likeness (QED) is 0.619. The molecule has 0 saturated heterocycles. The van der Waals surface area contributed by atoms with Crippen LogP contribution in [0.25, 0.3) is 4.85 Å². The summed E-state index contributed by atoms with van der Waals surface area (Å²) < 4.78 is 5.36. The van der Waals surface area contributed by atoms with Crippen LogP contribution in [0, 0.1) is 12.0 Å². The van der Waals surface area contributed by atoms with Gasteiger partial charge in [0.05, 0.1) is 12.0 Å². The van der Waals surface area contributed by atoms with E-state index in [1.54, 1.807) is 32.0 Å². The molecule has 0 saturated carbocycles. The van der Waals surface area contributed by atoms with Crippen molar-refractivity contribution in [1.29, 1.82) is 0 Å². The maximum absolute atomic E-state index is 10.9. The molecular weight excluding hydrogens is 220 g/mol. The molecule has 3 N–H and O–H groups in total. The topological polar surface area (TPSA) is 76.9 Å². The highest BCUT2D eigenvalue weighted by Crippen LogP contribution is 2.34. The molecule has 5 nitrogen and oxygen atoms in total. The number of benzene rings is 1. The van der Waals surface area contributed by atoms with E-state index in [1.807, 2.05) is 0 Å². The number of nitrogen functional groups attached to an aromatic ring is 1. The molecule has 0 spiro atoms. The molecule has 1 rings (SSSR count). The minimum absolute atomic E-state index is 0.0195. The Bertz CT molecular complexity index is 475. The van der Waals surface area contributed by atoms with Crippen LogP contribution in [0.2, 0.25) is 0 Å². The smallest absolute Gasteiger partial charge is 0.312 e. The molecule has 0 heterocycles. The van der Waals surface area contributed by atoms with Crippen LogP contribution < -0.4 is 10.5 Å². The molecule has 0 unspecified atom stereocenters. The highest BCUT2D eigenvalue weighted by Gasteiger charge is 2.28. The second-order valence-electron chi connectivity index (χ2n) is 4.28. The van der Waals surface area contributed by atoms with Crippen LogP contribution in [0.5, 0.6) is 5.75 Å². The average molecular weight is 234 g/mol. The average Bonchev–Trinajstić information content (AvgIpc) is 2.26. The lowest BCUT2D eigenvalue weighted by Crippen LogP contribution is -2.30. The molecular formula is C12H14N2O3. The second kappa shape index (κ2) is 4.74. The van der Waals surface area contributed by atoms with Gasteiger partial charge in [-0.2, -0.15) is 0 Å². The van der Waals surface area contributed by atoms with Crippen LogP contribution in [0.1, 0.15) is 13.8 Å². The van der Waals surface area contributed by atoms with Crippen molar-refractivity contribution in [2.45, 2.75) is 13.8 Å². The molecule has 0 radical (unpaired) electrons. The molecule has 1 aromatic rings. The highest BCUT2D eigenvalue weighted by molar-refractivity contribution is 5.75. The van der Waals surface area contributed by atoms with Crippen LogP contribution in [0.3, 0.4) is 0 Å². The van der Waals surface area contributed by atoms with Crippen molar-refractivity contribution in [1.82, 2.24) is 0 Å². The van der Waals surface area contributed by atoms with Gasteiger partial charge in [0, 0.05) is 5.69 Å². The highest BCUT2D eigenvalue weighted by atomic mass is 16.5. The number of rotatable bonds is 4. The van der Waals surface area contributed by atoms with Crippen molar-refractivity contribution in [3.8, 4) is 5.75 Å². The van der Waals surface area contributed by atoms with E-state index in [0.717, 1.165) is 0 Å². The van der Waals surface area contributed by atoms with E-state index in [1.165, 1.54) is 0 Å². The fourth-order valence-corrected chi connectivity index (χ4v) is 1.10. The minimum Gasteiger partial charge on any atom is -0.503 e. The van der Waals surface area contributed by atoms with Crippen LogP contribution >= 0.6 is 0 Å². The number of carboxylic acids is 1. The number of ether oxygens (including phenoxy) is 1. The molecule has 0 aliphatic rings. The first-order valence-electron chi connectivity index (χ1n) is 5.00. The van der Waals surface area contributed by atoms with E-state index in [4.69, 9.17) is 22.1 Å². The second-order valence-corrected chi connectivity index (χ2v) is 4.28. The van der Waals surface area contributed by atoms with Crippen LogP contribution in [0.15, 0.2) is 18.2 Å². The van der Waals surface area contributed by atoms with Gasteiger partial charge < -0.3 is 15.6 Å². The van der Waals surface area contributed by atoms with Gasteiger partial charge >= 0.3 is 5.97 Å². The zero-order valence-corrected chi connectivity index (χ0v) is 9.73. The fourth-order valence-electron chi connectivity index (χ4n) is 1.10. The Morgan fingerprint density at radius 1 is 1.59 bits per heavy atom. The maximum Gasteiger partial charge on any atom is 0.312 e. The van der Waals surface area contributed by atoms with E-state index in [9.17, 15) is 4.79 Å². The van der Waals surface area contributed by atoms with Crippen LogP contribution in [-0.2, 0) is 4.79 Å². The predicted molar refractivity (Wildman–Crippen MR) is 64.0 cm³/mol. The number of aliphatic carboxylic acids is 1. The lowest BCUT2D eigenvalue weighted by Gasteiger charge is -2.20. The van der Waals surface area contributed by atoms with Gasteiger partial charge in [0.2, 0.25) is 5.69 Å². The summed E-state index contributed by atoms with van der Waals surface area (Å²) in [6.45, 7) is 10.1. The standard InChI is InChI=1S/C12H14N2O3/c1-12(2,11(15)16)7-17-9-6-4-5-8(13)10(9)14-3/h4-6H,7,13H2,1-2H3,(H,15,16). The largest absolute Gasteiger partial charge is 0.503 e. The van der Waals surface area contributed by atoms with Crippen molar-refractivity contribution in [2.75, 3.05) is 12.3 Å². The summed E-state index contributed by atoms with van der Waals surface area (Å²) in [7, 11) is 0. The predicted octanol–water partition coefficient (Wildman–Crippen LogP) is 2.31. The zero-order chi connectivity index (χ0) is 13.1. The molecule has 0 aromatic heterocycles. The molecule has 0 fully saturated rings. The molecule has 0 atom stereocenters. The zero-order valence-electron chi connectivity index (χ0n) is 9.73. The number of carbonyl (C=O) groups is 1. The third-order valence-corrected chi connectivity index (χ3v) is 2.31. The van der Waals surface area contributed by atoms with Gasteiger partial charge in [-0.3, -0.25) is 4.79 Å². The van der Waals surface area contributed by atoms with Crippen LogP contribution in [-0.4, -0.2) is 17.7 Å². The van der Waals surface area contributed by atoms with Gasteiger partial charge in [-0.05, 0) is 26.0 Å². The summed E-state index contributed by atoms with van der Waals surface area (Å²) in [5.41, 5.74) is 5.15. The number of nitrogens with two attached hydrogens (primary N) is 1. The third-order valence-electron chi connectivity index (χ3n) is 2.31. The first-order valence-corrected chi connectivity index (χ1v) is 5.00. The molecule has 0 aliphatic carbocycles. The summed E-state index contributed by atoms with van der Waals surface area (Å²) in [4.78, 5) is 14.2. The Morgan fingerprint density at radius 2 is 2.24 bits per heavy atom. The van der Waals surface area contributed by atoms with E-state index >= 15 is 0 Å². The maximum atomic E-state index is 10.9. The summed E-state index contributed by atoms with van der Waals surface area (Å²) in [6, 6.07) is 4.86. The summed E-state index contributed by atoms with van der Waals surface area (Å²) in [6.07, 6.45) is 0. The molecule has 0 aliphatic heterocycles. The first-order chi connectivity index (χ1) is 7.88. The molecule has 0 amide bonds. The normalized spacial score (nSPS) is 10.6. The van der Waals surface area contributed by atoms with E-state index < -0.39 is 11.4 Å². The third kappa shape index (κ3) is 2.88. The van der Waals surface area contributed by atoms with E-state index in [0.29, 0.717) is 11.4 Å². The summed E-state index contributed by atoms with van der Waals surface area (Å²) >= 11 is 0. The van der Waals surface area contributed by atoms with E-state index in [-0.39, 0.29) is 12.3 Å². The van der Waals surface area contributed by atoms with Gasteiger partial charge in [0.15, 0.2) is 0 Å². The Kier molecular flexibility index (Phi) is 3.59. The molecule has 17 heavy (non-hydrogen) atoms. The fraction of sp³-hybridized carbons (Fsp3) is 0.333. The monoisotopic (exact) mass is 234 g/mol.